The molecule has 1 atom stereocenters. The summed E-state index contributed by atoms with van der Waals surface area (Å²) in [7, 11) is 3.38. The van der Waals surface area contributed by atoms with Crippen LogP contribution in [0.15, 0.2) is 18.2 Å². The first-order valence-corrected chi connectivity index (χ1v) is 7.40. The topological polar surface area (TPSA) is 48.0 Å². The monoisotopic (exact) mass is 291 g/mol. The predicted octanol–water partition coefficient (Wildman–Crippen LogP) is 3.00. The first kappa shape index (κ1) is 14.0. The standard InChI is InChI=1S/C16H21NO4/c1-17-8-7-13(21-16(17)18)12-5-6-14(19-2)15(9-12)20-10-11-3-4-11/h5-6,9,11,13H,3-4,7-8,10H2,1-2H3. The molecule has 0 radical (unpaired) electrons. The lowest BCUT2D eigenvalue weighted by atomic mass is 10.0. The molecule has 1 saturated heterocycles. The minimum Gasteiger partial charge on any atom is -0.493 e. The maximum atomic E-state index is 11.7. The van der Waals surface area contributed by atoms with Crippen LogP contribution in [0.1, 0.15) is 30.9 Å². The summed E-state index contributed by atoms with van der Waals surface area (Å²) in [6.45, 7) is 1.43. The van der Waals surface area contributed by atoms with Crippen LogP contribution < -0.4 is 9.47 Å². The number of ether oxygens (including phenoxy) is 3. The minimum atomic E-state index is -0.275. The zero-order valence-electron chi connectivity index (χ0n) is 12.5. The Kier molecular flexibility index (Phi) is 3.90. The molecular weight excluding hydrogens is 270 g/mol. The fourth-order valence-corrected chi connectivity index (χ4v) is 2.41. The molecule has 2 aliphatic rings. The molecule has 0 N–H and O–H groups in total. The summed E-state index contributed by atoms with van der Waals surface area (Å²) >= 11 is 0. The van der Waals surface area contributed by atoms with Crippen molar-refractivity contribution in [3.05, 3.63) is 23.8 Å². The Morgan fingerprint density at radius 1 is 1.29 bits per heavy atom. The molecule has 0 spiro atoms. The van der Waals surface area contributed by atoms with E-state index in [1.54, 1.807) is 19.1 Å². The van der Waals surface area contributed by atoms with Gasteiger partial charge < -0.3 is 19.1 Å². The van der Waals surface area contributed by atoms with Crippen LogP contribution in [-0.2, 0) is 4.74 Å². The highest BCUT2D eigenvalue weighted by molar-refractivity contribution is 5.68. The Morgan fingerprint density at radius 3 is 2.76 bits per heavy atom. The molecule has 1 aromatic carbocycles. The van der Waals surface area contributed by atoms with Gasteiger partial charge in [-0.3, -0.25) is 0 Å². The van der Waals surface area contributed by atoms with Gasteiger partial charge in [0, 0.05) is 20.0 Å². The van der Waals surface area contributed by atoms with Crippen LogP contribution in [0.3, 0.4) is 0 Å². The molecule has 3 rings (SSSR count). The third-order valence-corrected chi connectivity index (χ3v) is 4.01. The Hall–Kier alpha value is -1.91. The average molecular weight is 291 g/mol. The van der Waals surface area contributed by atoms with Gasteiger partial charge in [-0.15, -0.1) is 0 Å². The van der Waals surface area contributed by atoms with Crippen molar-refractivity contribution in [3.8, 4) is 11.5 Å². The third-order valence-electron chi connectivity index (χ3n) is 4.01. The van der Waals surface area contributed by atoms with Gasteiger partial charge in [0.05, 0.1) is 13.7 Å². The zero-order chi connectivity index (χ0) is 14.8. The molecule has 21 heavy (non-hydrogen) atoms. The van der Waals surface area contributed by atoms with Crippen molar-refractivity contribution < 1.29 is 19.0 Å². The highest BCUT2D eigenvalue weighted by atomic mass is 16.6. The summed E-state index contributed by atoms with van der Waals surface area (Å²) in [5.74, 6) is 2.13. The van der Waals surface area contributed by atoms with E-state index >= 15 is 0 Å². The normalized spacial score (nSPS) is 21.9. The zero-order valence-corrected chi connectivity index (χ0v) is 12.5. The number of cyclic esters (lactones) is 1. The summed E-state index contributed by atoms with van der Waals surface area (Å²) in [6.07, 6.45) is 2.80. The Labute approximate surface area is 124 Å². The van der Waals surface area contributed by atoms with E-state index in [0.717, 1.165) is 30.1 Å². The second kappa shape index (κ2) is 5.84. The number of nitrogens with zero attached hydrogens (tertiary/aromatic N) is 1. The molecule has 5 nitrogen and oxygen atoms in total. The number of amides is 1. The first-order chi connectivity index (χ1) is 10.2. The Bertz CT molecular complexity index is 527. The second-order valence-corrected chi connectivity index (χ2v) is 5.75. The van der Waals surface area contributed by atoms with Gasteiger partial charge in [0.25, 0.3) is 0 Å². The van der Waals surface area contributed by atoms with Crippen LogP contribution in [0.5, 0.6) is 11.5 Å². The van der Waals surface area contributed by atoms with E-state index < -0.39 is 0 Å². The summed E-state index contributed by atoms with van der Waals surface area (Å²) in [5, 5.41) is 0. The van der Waals surface area contributed by atoms with Crippen LogP contribution in [0.2, 0.25) is 0 Å². The van der Waals surface area contributed by atoms with Crippen LogP contribution >= 0.6 is 0 Å². The smallest absolute Gasteiger partial charge is 0.410 e. The minimum absolute atomic E-state index is 0.206. The summed E-state index contributed by atoms with van der Waals surface area (Å²) in [6, 6.07) is 5.75. The lowest BCUT2D eigenvalue weighted by molar-refractivity contribution is 0.0323. The summed E-state index contributed by atoms with van der Waals surface area (Å²) in [5.41, 5.74) is 0.961. The molecule has 1 aromatic rings. The molecular formula is C16H21NO4. The molecule has 2 fully saturated rings. The molecule has 5 heteroatoms. The van der Waals surface area contributed by atoms with Crippen molar-refractivity contribution in [2.75, 3.05) is 27.3 Å². The highest BCUT2D eigenvalue weighted by Crippen LogP contribution is 2.36. The van der Waals surface area contributed by atoms with Gasteiger partial charge in [-0.05, 0) is 36.5 Å². The first-order valence-electron chi connectivity index (χ1n) is 7.40. The van der Waals surface area contributed by atoms with E-state index in [1.807, 2.05) is 18.2 Å². The molecule has 0 aromatic heterocycles. The van der Waals surface area contributed by atoms with E-state index in [2.05, 4.69) is 0 Å². The van der Waals surface area contributed by atoms with E-state index in [1.165, 1.54) is 12.8 Å². The molecule has 1 saturated carbocycles. The SMILES string of the molecule is COc1ccc(C2CCN(C)C(=O)O2)cc1OCC1CC1. The Balaban J connectivity index is 1.75. The molecule has 0 bridgehead atoms. The number of hydrogen-bond acceptors (Lipinski definition) is 4. The number of carbonyl (C=O) groups excluding carboxylic acids is 1. The van der Waals surface area contributed by atoms with Crippen LogP contribution in [0, 0.1) is 5.92 Å². The predicted molar refractivity (Wildman–Crippen MR) is 77.7 cm³/mol. The summed E-state index contributed by atoms with van der Waals surface area (Å²) < 4.78 is 16.6. The van der Waals surface area contributed by atoms with Crippen LogP contribution in [0.25, 0.3) is 0 Å². The Morgan fingerprint density at radius 2 is 2.10 bits per heavy atom. The molecule has 114 valence electrons. The second-order valence-electron chi connectivity index (χ2n) is 5.75. The van der Waals surface area contributed by atoms with Gasteiger partial charge in [0.15, 0.2) is 11.5 Å². The van der Waals surface area contributed by atoms with Crippen molar-refractivity contribution in [3.63, 3.8) is 0 Å². The number of carbonyl (C=O) groups is 1. The van der Waals surface area contributed by atoms with Gasteiger partial charge in [0.1, 0.15) is 6.10 Å². The van der Waals surface area contributed by atoms with Crippen LogP contribution in [0.4, 0.5) is 4.79 Å². The van der Waals surface area contributed by atoms with Crippen molar-refractivity contribution in [2.24, 2.45) is 5.92 Å². The van der Waals surface area contributed by atoms with Crippen molar-refractivity contribution in [1.82, 2.24) is 4.90 Å². The van der Waals surface area contributed by atoms with Gasteiger partial charge in [-0.2, -0.15) is 0 Å². The van der Waals surface area contributed by atoms with Gasteiger partial charge in [-0.25, -0.2) is 4.79 Å². The van der Waals surface area contributed by atoms with Gasteiger partial charge in [-0.1, -0.05) is 6.07 Å². The van der Waals surface area contributed by atoms with Crippen molar-refractivity contribution in [2.45, 2.75) is 25.4 Å². The number of rotatable bonds is 5. The summed E-state index contributed by atoms with van der Waals surface area (Å²) in [4.78, 5) is 13.2. The maximum Gasteiger partial charge on any atom is 0.410 e. The molecule has 1 unspecified atom stereocenters. The highest BCUT2D eigenvalue weighted by Gasteiger charge is 2.27. The largest absolute Gasteiger partial charge is 0.493 e. The van der Waals surface area contributed by atoms with E-state index in [0.29, 0.717) is 12.5 Å². The van der Waals surface area contributed by atoms with Crippen molar-refractivity contribution >= 4 is 6.09 Å². The average Bonchev–Trinajstić information content (AvgIpc) is 3.32. The van der Waals surface area contributed by atoms with E-state index in [-0.39, 0.29) is 12.2 Å². The van der Waals surface area contributed by atoms with Gasteiger partial charge in [0.2, 0.25) is 0 Å². The molecule has 1 aliphatic heterocycles. The van der Waals surface area contributed by atoms with E-state index in [4.69, 9.17) is 14.2 Å². The van der Waals surface area contributed by atoms with Gasteiger partial charge >= 0.3 is 6.09 Å². The number of benzene rings is 1. The number of methoxy groups -OCH3 is 1. The van der Waals surface area contributed by atoms with E-state index in [9.17, 15) is 4.79 Å². The lowest BCUT2D eigenvalue weighted by Crippen LogP contribution is -2.35. The fraction of sp³-hybridized carbons (Fsp3) is 0.562. The van der Waals surface area contributed by atoms with Crippen LogP contribution in [-0.4, -0.2) is 38.3 Å². The van der Waals surface area contributed by atoms with Crippen molar-refractivity contribution in [1.29, 1.82) is 0 Å². The lowest BCUT2D eigenvalue weighted by Gasteiger charge is -2.29. The molecule has 1 heterocycles. The maximum absolute atomic E-state index is 11.7. The molecule has 1 amide bonds. The fourth-order valence-electron chi connectivity index (χ4n) is 2.41. The molecule has 1 aliphatic carbocycles. The number of hydrogen-bond donors (Lipinski definition) is 0. The third kappa shape index (κ3) is 3.23. The quantitative estimate of drug-likeness (QED) is 0.836.